The van der Waals surface area contributed by atoms with Crippen molar-refractivity contribution >= 4 is 11.6 Å². The molecule has 1 fully saturated rings. The van der Waals surface area contributed by atoms with E-state index >= 15 is 0 Å². The molecule has 1 aliphatic rings. The number of hydrogen-bond donors (Lipinski definition) is 2. The second kappa shape index (κ2) is 6.25. The lowest BCUT2D eigenvalue weighted by atomic mass is 9.72. The molecular weight excluding hydrogens is 256 g/mol. The van der Waals surface area contributed by atoms with Crippen LogP contribution in [0.3, 0.4) is 0 Å². The number of aryl methyl sites for hydroxylation is 1. The first-order valence-corrected chi connectivity index (χ1v) is 7.63. The van der Waals surface area contributed by atoms with Gasteiger partial charge in [0.2, 0.25) is 0 Å². The van der Waals surface area contributed by atoms with Crippen molar-refractivity contribution in [1.29, 1.82) is 0 Å². The van der Waals surface area contributed by atoms with Gasteiger partial charge in [-0.1, -0.05) is 37.9 Å². The van der Waals surface area contributed by atoms with Gasteiger partial charge in [0.15, 0.2) is 0 Å². The van der Waals surface area contributed by atoms with Gasteiger partial charge in [0.05, 0.1) is 0 Å². The second-order valence-corrected chi connectivity index (χ2v) is 6.61. The van der Waals surface area contributed by atoms with Crippen LogP contribution in [0.2, 0.25) is 5.02 Å². The van der Waals surface area contributed by atoms with Crippen molar-refractivity contribution in [2.24, 2.45) is 23.6 Å². The minimum atomic E-state index is 0.243. The summed E-state index contributed by atoms with van der Waals surface area (Å²) in [4.78, 5) is 0. The fraction of sp³-hybridized carbons (Fsp3) is 0.625. The molecule has 1 aromatic rings. The Balaban J connectivity index is 2.20. The molecule has 0 radical (unpaired) electrons. The molecule has 2 nitrogen and oxygen atoms in total. The van der Waals surface area contributed by atoms with Crippen LogP contribution >= 0.6 is 11.6 Å². The Kier molecular flexibility index (Phi) is 4.88. The Morgan fingerprint density at radius 3 is 2.58 bits per heavy atom. The lowest BCUT2D eigenvalue weighted by Gasteiger charge is -2.37. The topological polar surface area (TPSA) is 38.0 Å². The highest BCUT2D eigenvalue weighted by Crippen LogP contribution is 2.40. The van der Waals surface area contributed by atoms with Crippen LogP contribution in [0.4, 0.5) is 0 Å². The van der Waals surface area contributed by atoms with Gasteiger partial charge < -0.3 is 0 Å². The van der Waals surface area contributed by atoms with Gasteiger partial charge >= 0.3 is 0 Å². The van der Waals surface area contributed by atoms with E-state index in [1.807, 2.05) is 12.1 Å². The highest BCUT2D eigenvalue weighted by Gasteiger charge is 2.31. The predicted octanol–water partition coefficient (Wildman–Crippen LogP) is 4.23. The van der Waals surface area contributed by atoms with E-state index in [0.29, 0.717) is 5.92 Å². The summed E-state index contributed by atoms with van der Waals surface area (Å²) in [6.45, 7) is 6.83. The summed E-state index contributed by atoms with van der Waals surface area (Å²) in [5.41, 5.74) is 5.55. The third-order valence-corrected chi connectivity index (χ3v) is 5.09. The Labute approximate surface area is 121 Å². The van der Waals surface area contributed by atoms with Crippen LogP contribution in [0.5, 0.6) is 0 Å². The summed E-state index contributed by atoms with van der Waals surface area (Å²) in [5, 5.41) is 0.794. The van der Waals surface area contributed by atoms with E-state index < -0.39 is 0 Å². The standard InChI is InChI=1S/C16H25ClN2/c1-10-4-5-13(8-11(10)2)16(19-18)15-7-6-14(17)9-12(15)3/h6-7,9-11,13,16,19H,4-5,8,18H2,1-3H3. The normalized spacial score (nSPS) is 29.2. The van der Waals surface area contributed by atoms with Crippen LogP contribution in [0.15, 0.2) is 18.2 Å². The Bertz CT molecular complexity index is 433. The van der Waals surface area contributed by atoms with Gasteiger partial charge in [-0.2, -0.15) is 0 Å². The number of halogens is 1. The third kappa shape index (κ3) is 3.31. The van der Waals surface area contributed by atoms with Crippen molar-refractivity contribution in [3.8, 4) is 0 Å². The second-order valence-electron chi connectivity index (χ2n) is 6.17. The van der Waals surface area contributed by atoms with Gasteiger partial charge in [-0.15, -0.1) is 0 Å². The molecule has 0 aromatic heterocycles. The van der Waals surface area contributed by atoms with Crippen molar-refractivity contribution in [3.63, 3.8) is 0 Å². The van der Waals surface area contributed by atoms with Crippen molar-refractivity contribution in [2.75, 3.05) is 0 Å². The van der Waals surface area contributed by atoms with E-state index in [4.69, 9.17) is 17.4 Å². The van der Waals surface area contributed by atoms with Crippen LogP contribution < -0.4 is 11.3 Å². The van der Waals surface area contributed by atoms with Gasteiger partial charge in [-0.05, 0) is 60.8 Å². The number of nitrogens with two attached hydrogens (primary N) is 1. The van der Waals surface area contributed by atoms with E-state index in [9.17, 15) is 0 Å². The maximum Gasteiger partial charge on any atom is 0.0490 e. The Morgan fingerprint density at radius 1 is 1.26 bits per heavy atom. The van der Waals surface area contributed by atoms with Crippen LogP contribution in [0.1, 0.15) is 50.3 Å². The molecule has 2 rings (SSSR count). The van der Waals surface area contributed by atoms with Crippen LogP contribution in [0, 0.1) is 24.7 Å². The number of hydrogen-bond acceptors (Lipinski definition) is 2. The minimum Gasteiger partial charge on any atom is -0.271 e. The zero-order valence-electron chi connectivity index (χ0n) is 12.1. The van der Waals surface area contributed by atoms with Crippen LogP contribution in [-0.2, 0) is 0 Å². The number of hydrazine groups is 1. The van der Waals surface area contributed by atoms with E-state index in [1.54, 1.807) is 0 Å². The molecule has 0 bridgehead atoms. The van der Waals surface area contributed by atoms with E-state index in [-0.39, 0.29) is 6.04 Å². The smallest absolute Gasteiger partial charge is 0.0490 e. The fourth-order valence-corrected chi connectivity index (χ4v) is 3.59. The molecule has 106 valence electrons. The first-order valence-electron chi connectivity index (χ1n) is 7.25. The predicted molar refractivity (Wildman–Crippen MR) is 81.9 cm³/mol. The van der Waals surface area contributed by atoms with Gasteiger partial charge in [-0.25, -0.2) is 0 Å². The molecule has 1 aliphatic carbocycles. The molecule has 0 aliphatic heterocycles. The van der Waals surface area contributed by atoms with E-state index in [1.165, 1.54) is 30.4 Å². The van der Waals surface area contributed by atoms with Gasteiger partial charge in [0.25, 0.3) is 0 Å². The Hall–Kier alpha value is -0.570. The van der Waals surface area contributed by atoms with Gasteiger partial charge in [0, 0.05) is 11.1 Å². The highest BCUT2D eigenvalue weighted by atomic mass is 35.5. The van der Waals surface area contributed by atoms with Crippen molar-refractivity contribution in [1.82, 2.24) is 5.43 Å². The minimum absolute atomic E-state index is 0.243. The lowest BCUT2D eigenvalue weighted by molar-refractivity contribution is 0.171. The average molecular weight is 281 g/mol. The summed E-state index contributed by atoms with van der Waals surface area (Å²) < 4.78 is 0. The zero-order valence-corrected chi connectivity index (χ0v) is 12.9. The summed E-state index contributed by atoms with van der Waals surface area (Å²) in [7, 11) is 0. The molecule has 1 saturated carbocycles. The molecule has 19 heavy (non-hydrogen) atoms. The molecule has 0 spiro atoms. The lowest BCUT2D eigenvalue weighted by Crippen LogP contribution is -2.37. The summed E-state index contributed by atoms with van der Waals surface area (Å²) in [6.07, 6.45) is 3.80. The maximum atomic E-state index is 6.04. The number of rotatable bonds is 3. The molecular formula is C16H25ClN2. The third-order valence-electron chi connectivity index (χ3n) is 4.86. The van der Waals surface area contributed by atoms with Crippen molar-refractivity contribution in [2.45, 2.75) is 46.1 Å². The molecule has 0 saturated heterocycles. The molecule has 0 heterocycles. The van der Waals surface area contributed by atoms with Crippen molar-refractivity contribution in [3.05, 3.63) is 34.3 Å². The number of benzene rings is 1. The fourth-order valence-electron chi connectivity index (χ4n) is 3.36. The van der Waals surface area contributed by atoms with Gasteiger partial charge in [-0.3, -0.25) is 11.3 Å². The quantitative estimate of drug-likeness (QED) is 0.642. The highest BCUT2D eigenvalue weighted by molar-refractivity contribution is 6.30. The Morgan fingerprint density at radius 2 is 2.00 bits per heavy atom. The zero-order chi connectivity index (χ0) is 14.0. The molecule has 3 heteroatoms. The van der Waals surface area contributed by atoms with Gasteiger partial charge in [0.1, 0.15) is 0 Å². The molecule has 1 aromatic carbocycles. The monoisotopic (exact) mass is 280 g/mol. The number of nitrogens with one attached hydrogen (secondary N) is 1. The van der Waals surface area contributed by atoms with Crippen molar-refractivity contribution < 1.29 is 0 Å². The summed E-state index contributed by atoms with van der Waals surface area (Å²) in [5.74, 6) is 8.08. The van der Waals surface area contributed by atoms with Crippen LogP contribution in [0.25, 0.3) is 0 Å². The average Bonchev–Trinajstić information content (AvgIpc) is 2.37. The summed E-state index contributed by atoms with van der Waals surface area (Å²) >= 11 is 6.04. The van der Waals surface area contributed by atoms with E-state index in [2.05, 4.69) is 32.3 Å². The summed E-state index contributed by atoms with van der Waals surface area (Å²) in [6, 6.07) is 6.34. The molecule has 4 unspecified atom stereocenters. The first kappa shape index (κ1) is 14.8. The molecule has 4 atom stereocenters. The maximum absolute atomic E-state index is 6.04. The largest absolute Gasteiger partial charge is 0.271 e. The SMILES string of the molecule is Cc1cc(Cl)ccc1C(NN)C1CCC(C)C(C)C1. The van der Waals surface area contributed by atoms with E-state index in [0.717, 1.165) is 16.9 Å². The first-order chi connectivity index (χ1) is 9.02. The van der Waals surface area contributed by atoms with Crippen LogP contribution in [-0.4, -0.2) is 0 Å². The molecule has 0 amide bonds. The molecule has 3 N–H and O–H groups in total.